The van der Waals surface area contributed by atoms with Gasteiger partial charge in [-0.3, -0.25) is 4.79 Å². The van der Waals surface area contributed by atoms with Crippen molar-refractivity contribution in [1.29, 1.82) is 0 Å². The average Bonchev–Trinajstić information content (AvgIpc) is 2.65. The van der Waals surface area contributed by atoms with Crippen LogP contribution in [-0.4, -0.2) is 17.4 Å². The molecule has 2 rings (SSSR count). The fourth-order valence-electron chi connectivity index (χ4n) is 2.42. The van der Waals surface area contributed by atoms with Gasteiger partial charge in [0.05, 0.1) is 12.8 Å². The van der Waals surface area contributed by atoms with Gasteiger partial charge in [0, 0.05) is 6.92 Å². The summed E-state index contributed by atoms with van der Waals surface area (Å²) >= 11 is 0. The van der Waals surface area contributed by atoms with Gasteiger partial charge in [-0.25, -0.2) is 4.98 Å². The number of ether oxygens (including phenoxy) is 1. The van der Waals surface area contributed by atoms with Crippen LogP contribution in [0.4, 0.5) is 0 Å². The van der Waals surface area contributed by atoms with E-state index in [-0.39, 0.29) is 5.78 Å². The minimum absolute atomic E-state index is 0.00896. The smallest absolute Gasteiger partial charge is 0.178 e. The van der Waals surface area contributed by atoms with Crippen LogP contribution in [-0.2, 0) is 0 Å². The lowest BCUT2D eigenvalue weighted by molar-refractivity contribution is 0.101. The highest BCUT2D eigenvalue weighted by Gasteiger charge is 2.13. The number of pyridine rings is 1. The molecule has 1 fully saturated rings. The summed E-state index contributed by atoms with van der Waals surface area (Å²) < 4.78 is 5.76. The van der Waals surface area contributed by atoms with Crippen molar-refractivity contribution in [2.45, 2.75) is 45.4 Å². The number of carbonyl (C=O) groups is 1. The first-order valence-electron chi connectivity index (χ1n) is 6.85. The number of hydrogen-bond donors (Lipinski definition) is 0. The first-order chi connectivity index (χ1) is 8.75. The third-order valence-corrected chi connectivity index (χ3v) is 3.56. The van der Waals surface area contributed by atoms with Crippen molar-refractivity contribution in [3.8, 4) is 5.75 Å². The molecule has 1 aliphatic carbocycles. The predicted molar refractivity (Wildman–Crippen MR) is 70.9 cm³/mol. The van der Waals surface area contributed by atoms with E-state index in [9.17, 15) is 4.79 Å². The van der Waals surface area contributed by atoms with Crippen molar-refractivity contribution in [3.63, 3.8) is 0 Å². The Bertz CT molecular complexity index is 378. The molecule has 0 saturated heterocycles. The van der Waals surface area contributed by atoms with Gasteiger partial charge in [-0.05, 0) is 30.9 Å². The molecule has 3 nitrogen and oxygen atoms in total. The summed E-state index contributed by atoms with van der Waals surface area (Å²) in [6, 6.07) is 3.56. The highest BCUT2D eigenvalue weighted by Crippen LogP contribution is 2.23. The third-order valence-electron chi connectivity index (χ3n) is 3.56. The molecule has 1 aromatic heterocycles. The second kappa shape index (κ2) is 6.53. The number of aromatic nitrogens is 1. The molecule has 1 aromatic rings. The third kappa shape index (κ3) is 3.83. The Labute approximate surface area is 109 Å². The molecule has 1 heterocycles. The lowest BCUT2D eigenvalue weighted by Crippen LogP contribution is -2.11. The SMILES string of the molecule is CC(=O)c1ccc(OCC2CCCCCC2)cn1. The number of ketones is 1. The zero-order chi connectivity index (χ0) is 12.8. The topological polar surface area (TPSA) is 39.2 Å². The molecule has 3 heteroatoms. The Balaban J connectivity index is 1.83. The molecule has 1 aliphatic rings. The van der Waals surface area contributed by atoms with Crippen molar-refractivity contribution in [2.24, 2.45) is 5.92 Å². The van der Waals surface area contributed by atoms with E-state index >= 15 is 0 Å². The first-order valence-corrected chi connectivity index (χ1v) is 6.85. The van der Waals surface area contributed by atoms with Crippen LogP contribution in [0.2, 0.25) is 0 Å². The van der Waals surface area contributed by atoms with E-state index in [2.05, 4.69) is 4.98 Å². The van der Waals surface area contributed by atoms with Gasteiger partial charge in [-0.2, -0.15) is 0 Å². The van der Waals surface area contributed by atoms with Crippen LogP contribution in [0.3, 0.4) is 0 Å². The fourth-order valence-corrected chi connectivity index (χ4v) is 2.42. The van der Waals surface area contributed by atoms with Gasteiger partial charge in [0.2, 0.25) is 0 Å². The van der Waals surface area contributed by atoms with Crippen molar-refractivity contribution in [2.75, 3.05) is 6.61 Å². The predicted octanol–water partition coefficient (Wildman–Crippen LogP) is 3.63. The van der Waals surface area contributed by atoms with Gasteiger partial charge >= 0.3 is 0 Å². The Kier molecular flexibility index (Phi) is 4.73. The zero-order valence-electron chi connectivity index (χ0n) is 11.0. The van der Waals surface area contributed by atoms with Gasteiger partial charge in [0.15, 0.2) is 5.78 Å². The van der Waals surface area contributed by atoms with Crippen molar-refractivity contribution < 1.29 is 9.53 Å². The maximum absolute atomic E-state index is 11.1. The molecule has 0 bridgehead atoms. The zero-order valence-corrected chi connectivity index (χ0v) is 11.0. The lowest BCUT2D eigenvalue weighted by atomic mass is 10.0. The summed E-state index contributed by atoms with van der Waals surface area (Å²) in [6.45, 7) is 2.30. The van der Waals surface area contributed by atoms with Crippen LogP contribution in [0.15, 0.2) is 18.3 Å². The van der Waals surface area contributed by atoms with Gasteiger partial charge in [0.25, 0.3) is 0 Å². The quantitative estimate of drug-likeness (QED) is 0.602. The van der Waals surface area contributed by atoms with Crippen molar-refractivity contribution in [1.82, 2.24) is 4.98 Å². The normalized spacial score (nSPS) is 17.2. The monoisotopic (exact) mass is 247 g/mol. The summed E-state index contributed by atoms with van der Waals surface area (Å²) in [5, 5.41) is 0. The number of hydrogen-bond acceptors (Lipinski definition) is 3. The first kappa shape index (κ1) is 13.1. The van der Waals surface area contributed by atoms with Crippen LogP contribution in [0, 0.1) is 5.92 Å². The molecule has 0 N–H and O–H groups in total. The molecule has 0 aromatic carbocycles. The van der Waals surface area contributed by atoms with E-state index in [0.717, 1.165) is 12.4 Å². The lowest BCUT2D eigenvalue weighted by Gasteiger charge is -2.14. The second-order valence-corrected chi connectivity index (χ2v) is 5.10. The molecule has 0 radical (unpaired) electrons. The van der Waals surface area contributed by atoms with E-state index in [4.69, 9.17) is 4.74 Å². The summed E-state index contributed by atoms with van der Waals surface area (Å²) in [5.74, 6) is 1.44. The largest absolute Gasteiger partial charge is 0.492 e. The van der Waals surface area contributed by atoms with Crippen LogP contribution < -0.4 is 4.74 Å². The molecule has 0 unspecified atom stereocenters. The van der Waals surface area contributed by atoms with Gasteiger partial charge in [-0.1, -0.05) is 25.7 Å². The molecular weight excluding hydrogens is 226 g/mol. The molecular formula is C15H21NO2. The highest BCUT2D eigenvalue weighted by molar-refractivity contribution is 5.92. The van der Waals surface area contributed by atoms with E-state index in [1.807, 2.05) is 6.07 Å². The van der Waals surface area contributed by atoms with Crippen LogP contribution in [0.5, 0.6) is 5.75 Å². The number of nitrogens with zero attached hydrogens (tertiary/aromatic N) is 1. The minimum atomic E-state index is -0.00896. The summed E-state index contributed by atoms with van der Waals surface area (Å²) in [7, 11) is 0. The fraction of sp³-hybridized carbons (Fsp3) is 0.600. The molecule has 0 spiro atoms. The maximum atomic E-state index is 11.1. The highest BCUT2D eigenvalue weighted by atomic mass is 16.5. The Morgan fingerprint density at radius 2 is 2.00 bits per heavy atom. The van der Waals surface area contributed by atoms with E-state index < -0.39 is 0 Å². The van der Waals surface area contributed by atoms with Crippen LogP contribution in [0.25, 0.3) is 0 Å². The summed E-state index contributed by atoms with van der Waals surface area (Å²) in [5.41, 5.74) is 0.497. The van der Waals surface area contributed by atoms with Crippen LogP contribution >= 0.6 is 0 Å². The van der Waals surface area contributed by atoms with Crippen molar-refractivity contribution in [3.05, 3.63) is 24.0 Å². The Hall–Kier alpha value is -1.38. The number of Topliss-reactive ketones (excluding diaryl/α,β-unsaturated/α-hetero) is 1. The molecule has 0 amide bonds. The molecule has 1 saturated carbocycles. The molecule has 0 atom stereocenters. The average molecular weight is 247 g/mol. The van der Waals surface area contributed by atoms with Gasteiger partial charge < -0.3 is 4.74 Å². The summed E-state index contributed by atoms with van der Waals surface area (Å²) in [4.78, 5) is 15.2. The summed E-state index contributed by atoms with van der Waals surface area (Å²) in [6.07, 6.45) is 9.59. The van der Waals surface area contributed by atoms with E-state index in [0.29, 0.717) is 11.6 Å². The number of rotatable bonds is 4. The van der Waals surface area contributed by atoms with E-state index in [1.165, 1.54) is 45.4 Å². The van der Waals surface area contributed by atoms with Crippen molar-refractivity contribution >= 4 is 5.78 Å². The second-order valence-electron chi connectivity index (χ2n) is 5.10. The van der Waals surface area contributed by atoms with Gasteiger partial charge in [0.1, 0.15) is 11.4 Å². The molecule has 98 valence electrons. The minimum Gasteiger partial charge on any atom is -0.492 e. The maximum Gasteiger partial charge on any atom is 0.178 e. The van der Waals surface area contributed by atoms with Gasteiger partial charge in [-0.15, -0.1) is 0 Å². The molecule has 18 heavy (non-hydrogen) atoms. The Morgan fingerprint density at radius 3 is 2.56 bits per heavy atom. The standard InChI is InChI=1S/C15H21NO2/c1-12(17)15-9-8-14(10-16-15)18-11-13-6-4-2-3-5-7-13/h8-10,13H,2-7,11H2,1H3. The Morgan fingerprint density at radius 1 is 1.28 bits per heavy atom. The van der Waals surface area contributed by atoms with Crippen LogP contribution in [0.1, 0.15) is 55.9 Å². The molecule has 0 aliphatic heterocycles. The van der Waals surface area contributed by atoms with E-state index in [1.54, 1.807) is 12.3 Å². The number of carbonyl (C=O) groups excluding carboxylic acids is 1.